The summed E-state index contributed by atoms with van der Waals surface area (Å²) in [6, 6.07) is 3.70. The van der Waals surface area contributed by atoms with E-state index in [2.05, 4.69) is 4.90 Å². The van der Waals surface area contributed by atoms with Crippen LogP contribution in [-0.2, 0) is 6.18 Å². The van der Waals surface area contributed by atoms with Crippen molar-refractivity contribution in [1.29, 1.82) is 0 Å². The van der Waals surface area contributed by atoms with Crippen LogP contribution in [0.15, 0.2) is 18.2 Å². The van der Waals surface area contributed by atoms with E-state index >= 15 is 0 Å². The first-order chi connectivity index (χ1) is 9.91. The minimum absolute atomic E-state index is 0.0408. The van der Waals surface area contributed by atoms with E-state index in [1.165, 1.54) is 12.1 Å². The molecule has 0 saturated carbocycles. The van der Waals surface area contributed by atoms with E-state index in [4.69, 9.17) is 0 Å². The van der Waals surface area contributed by atoms with Crippen LogP contribution in [0.5, 0.6) is 0 Å². The van der Waals surface area contributed by atoms with Gasteiger partial charge in [-0.3, -0.25) is 4.79 Å². The first kappa shape index (κ1) is 15.8. The molecule has 0 aliphatic carbocycles. The first-order valence-electron chi connectivity index (χ1n) is 7.02. The lowest BCUT2D eigenvalue weighted by molar-refractivity contribution is -0.137. The normalized spacial score (nSPS) is 16.2. The Morgan fingerprint density at radius 1 is 1.29 bits per heavy atom. The van der Waals surface area contributed by atoms with Gasteiger partial charge < -0.3 is 9.80 Å². The minimum atomic E-state index is -4.46. The van der Waals surface area contributed by atoms with Gasteiger partial charge in [-0.1, -0.05) is 0 Å². The molecule has 1 aliphatic heterocycles. The van der Waals surface area contributed by atoms with E-state index in [1.54, 1.807) is 11.9 Å². The third kappa shape index (κ3) is 3.97. The minimum Gasteiger partial charge on any atom is -0.373 e. The molecule has 0 spiro atoms. The van der Waals surface area contributed by atoms with Crippen LogP contribution >= 0.6 is 0 Å². The predicted octanol–water partition coefficient (Wildman–Crippen LogP) is 3.05. The van der Waals surface area contributed by atoms with Crippen molar-refractivity contribution in [1.82, 2.24) is 4.90 Å². The number of alkyl halides is 3. The van der Waals surface area contributed by atoms with Crippen molar-refractivity contribution in [3.63, 3.8) is 0 Å². The highest BCUT2D eigenvalue weighted by Crippen LogP contribution is 2.36. The van der Waals surface area contributed by atoms with E-state index in [1.807, 2.05) is 0 Å². The zero-order chi connectivity index (χ0) is 15.5. The number of aldehydes is 1. The zero-order valence-electron chi connectivity index (χ0n) is 12.0. The van der Waals surface area contributed by atoms with Gasteiger partial charge in [-0.25, -0.2) is 0 Å². The molecule has 116 valence electrons. The smallest absolute Gasteiger partial charge is 0.373 e. The van der Waals surface area contributed by atoms with Crippen molar-refractivity contribution < 1.29 is 18.0 Å². The molecule has 0 radical (unpaired) electrons. The van der Waals surface area contributed by atoms with Crippen LogP contribution in [-0.4, -0.2) is 44.4 Å². The number of likely N-dealkylation sites (tertiary alicyclic amines) is 1. The fourth-order valence-electron chi connectivity index (χ4n) is 2.60. The topological polar surface area (TPSA) is 23.6 Å². The Morgan fingerprint density at radius 2 is 1.95 bits per heavy atom. The maximum Gasteiger partial charge on any atom is 0.418 e. The molecule has 1 aromatic carbocycles. The lowest BCUT2D eigenvalue weighted by Crippen LogP contribution is -2.32. The number of anilines is 1. The molecule has 0 bridgehead atoms. The van der Waals surface area contributed by atoms with Crippen LogP contribution in [0.2, 0.25) is 0 Å². The maximum atomic E-state index is 13.1. The van der Waals surface area contributed by atoms with Crippen molar-refractivity contribution >= 4 is 12.0 Å². The van der Waals surface area contributed by atoms with Crippen LogP contribution < -0.4 is 4.90 Å². The molecule has 1 aromatic rings. The molecule has 6 heteroatoms. The molecule has 0 amide bonds. The van der Waals surface area contributed by atoms with E-state index in [-0.39, 0.29) is 11.3 Å². The molecular weight excluding hydrogens is 281 g/mol. The quantitative estimate of drug-likeness (QED) is 0.781. The summed E-state index contributed by atoms with van der Waals surface area (Å²) in [6.07, 6.45) is -1.71. The van der Waals surface area contributed by atoms with E-state index < -0.39 is 11.7 Å². The van der Waals surface area contributed by atoms with Gasteiger partial charge >= 0.3 is 6.18 Å². The molecule has 1 aliphatic rings. The Bertz CT molecular complexity index is 496. The summed E-state index contributed by atoms with van der Waals surface area (Å²) in [7, 11) is 1.65. The van der Waals surface area contributed by atoms with Crippen LogP contribution in [0.4, 0.5) is 18.9 Å². The van der Waals surface area contributed by atoms with Crippen molar-refractivity contribution in [2.45, 2.75) is 19.0 Å². The number of rotatable bonds is 5. The Hall–Kier alpha value is -1.56. The molecular formula is C15H19F3N2O. The van der Waals surface area contributed by atoms with Gasteiger partial charge in [-0.05, 0) is 44.1 Å². The highest BCUT2D eigenvalue weighted by molar-refractivity contribution is 5.77. The lowest BCUT2D eigenvalue weighted by atomic mass is 10.1. The van der Waals surface area contributed by atoms with Gasteiger partial charge in [0.15, 0.2) is 0 Å². The average Bonchev–Trinajstić information content (AvgIpc) is 2.96. The summed E-state index contributed by atoms with van der Waals surface area (Å²) >= 11 is 0. The van der Waals surface area contributed by atoms with Crippen molar-refractivity contribution in [3.05, 3.63) is 29.3 Å². The second-order valence-corrected chi connectivity index (χ2v) is 5.36. The Balaban J connectivity index is 2.14. The molecule has 1 saturated heterocycles. The Labute approximate surface area is 122 Å². The van der Waals surface area contributed by atoms with E-state index in [0.717, 1.165) is 38.5 Å². The molecule has 0 aromatic heterocycles. The number of hydrogen-bond donors (Lipinski definition) is 0. The van der Waals surface area contributed by atoms with Gasteiger partial charge in [0.25, 0.3) is 0 Å². The molecule has 2 rings (SSSR count). The van der Waals surface area contributed by atoms with Gasteiger partial charge in [-0.2, -0.15) is 13.2 Å². The fraction of sp³-hybridized carbons (Fsp3) is 0.533. The summed E-state index contributed by atoms with van der Waals surface area (Å²) in [5.41, 5.74) is -0.595. The van der Waals surface area contributed by atoms with E-state index in [9.17, 15) is 18.0 Å². The largest absolute Gasteiger partial charge is 0.418 e. The van der Waals surface area contributed by atoms with Crippen LogP contribution in [0.1, 0.15) is 28.8 Å². The molecule has 21 heavy (non-hydrogen) atoms. The summed E-state index contributed by atoms with van der Waals surface area (Å²) < 4.78 is 39.3. The number of carbonyl (C=O) groups excluding carboxylic acids is 1. The standard InChI is InChI=1S/C15H19F3N2O/c1-19(8-9-20-6-2-3-7-20)14-5-4-12(11-21)10-13(14)15(16,17)18/h4-5,10-11H,2-3,6-9H2,1H3. The number of benzene rings is 1. The van der Waals surface area contributed by atoms with Gasteiger partial charge in [0.05, 0.1) is 5.56 Å². The number of hydrogen-bond acceptors (Lipinski definition) is 3. The fourth-order valence-corrected chi connectivity index (χ4v) is 2.60. The third-order valence-corrected chi connectivity index (χ3v) is 3.82. The second-order valence-electron chi connectivity index (χ2n) is 5.36. The second kappa shape index (κ2) is 6.47. The van der Waals surface area contributed by atoms with Gasteiger partial charge in [-0.15, -0.1) is 0 Å². The SMILES string of the molecule is CN(CCN1CCCC1)c1ccc(C=O)cc1C(F)(F)F. The summed E-state index contributed by atoms with van der Waals surface area (Å²) in [5, 5.41) is 0. The van der Waals surface area contributed by atoms with Crippen LogP contribution in [0.25, 0.3) is 0 Å². The van der Waals surface area contributed by atoms with Crippen molar-refractivity contribution in [3.8, 4) is 0 Å². The van der Waals surface area contributed by atoms with Crippen LogP contribution in [0, 0.1) is 0 Å². The summed E-state index contributed by atoms with van der Waals surface area (Å²) in [6.45, 7) is 3.32. The van der Waals surface area contributed by atoms with Gasteiger partial charge in [0.1, 0.15) is 6.29 Å². The number of nitrogens with zero attached hydrogens (tertiary/aromatic N) is 2. The summed E-state index contributed by atoms with van der Waals surface area (Å²) in [4.78, 5) is 14.5. The Kier molecular flexibility index (Phi) is 4.88. The third-order valence-electron chi connectivity index (χ3n) is 3.82. The highest BCUT2D eigenvalue weighted by Gasteiger charge is 2.34. The molecule has 0 atom stereocenters. The van der Waals surface area contributed by atoms with Gasteiger partial charge in [0.2, 0.25) is 0 Å². The van der Waals surface area contributed by atoms with Crippen molar-refractivity contribution in [2.24, 2.45) is 0 Å². The maximum absolute atomic E-state index is 13.1. The zero-order valence-corrected chi connectivity index (χ0v) is 12.0. The highest BCUT2D eigenvalue weighted by atomic mass is 19.4. The molecule has 1 fully saturated rings. The Morgan fingerprint density at radius 3 is 2.52 bits per heavy atom. The monoisotopic (exact) mass is 300 g/mol. The van der Waals surface area contributed by atoms with Crippen molar-refractivity contribution in [2.75, 3.05) is 38.1 Å². The molecule has 0 unspecified atom stereocenters. The predicted molar refractivity (Wildman–Crippen MR) is 75.8 cm³/mol. The van der Waals surface area contributed by atoms with E-state index in [0.29, 0.717) is 12.8 Å². The van der Waals surface area contributed by atoms with Gasteiger partial charge in [0, 0.05) is 31.4 Å². The molecule has 0 N–H and O–H groups in total. The first-order valence-corrected chi connectivity index (χ1v) is 7.02. The lowest BCUT2D eigenvalue weighted by Gasteiger charge is -2.26. The number of carbonyl (C=O) groups is 1. The average molecular weight is 300 g/mol. The molecule has 3 nitrogen and oxygen atoms in total. The molecule has 1 heterocycles. The summed E-state index contributed by atoms with van der Waals surface area (Å²) in [5.74, 6) is 0. The van der Waals surface area contributed by atoms with Crippen LogP contribution in [0.3, 0.4) is 0 Å². The number of halogens is 3. The number of likely N-dealkylation sites (N-methyl/N-ethyl adjacent to an activating group) is 1.